The van der Waals surface area contributed by atoms with Gasteiger partial charge in [0.15, 0.2) is 5.82 Å². The number of nitrogens with one attached hydrogen (secondary N) is 2. The third kappa shape index (κ3) is 4.18. The molecule has 6 nitrogen and oxygen atoms in total. The van der Waals surface area contributed by atoms with Crippen LogP contribution in [0.5, 0.6) is 0 Å². The number of carbonyl (C=O) groups is 1. The SMILES string of the molecule is O=C(NCCc1cccnc1)Nc1cccnc1N1CCCC1. The normalized spacial score (nSPS) is 13.8. The minimum absolute atomic E-state index is 0.206. The van der Waals surface area contributed by atoms with Crippen molar-refractivity contribution in [3.8, 4) is 0 Å². The second kappa shape index (κ2) is 7.58. The number of amides is 2. The number of anilines is 2. The largest absolute Gasteiger partial charge is 0.355 e. The van der Waals surface area contributed by atoms with Crippen molar-refractivity contribution in [2.45, 2.75) is 19.3 Å². The van der Waals surface area contributed by atoms with Crippen LogP contribution in [0.4, 0.5) is 16.3 Å². The van der Waals surface area contributed by atoms with Crippen molar-refractivity contribution < 1.29 is 4.79 Å². The van der Waals surface area contributed by atoms with Crippen LogP contribution in [-0.2, 0) is 6.42 Å². The summed E-state index contributed by atoms with van der Waals surface area (Å²) in [6.45, 7) is 2.56. The molecule has 0 bridgehead atoms. The number of hydrogen-bond donors (Lipinski definition) is 2. The molecule has 23 heavy (non-hydrogen) atoms. The minimum atomic E-state index is -0.206. The van der Waals surface area contributed by atoms with Gasteiger partial charge in [-0.1, -0.05) is 6.07 Å². The highest BCUT2D eigenvalue weighted by Gasteiger charge is 2.17. The molecule has 1 aliphatic rings. The van der Waals surface area contributed by atoms with Gasteiger partial charge in [0.25, 0.3) is 0 Å². The molecule has 1 saturated heterocycles. The van der Waals surface area contributed by atoms with Crippen LogP contribution in [0, 0.1) is 0 Å². The first-order chi connectivity index (χ1) is 11.3. The van der Waals surface area contributed by atoms with E-state index in [9.17, 15) is 4.79 Å². The summed E-state index contributed by atoms with van der Waals surface area (Å²) in [7, 11) is 0. The number of aromatic nitrogens is 2. The molecule has 3 heterocycles. The monoisotopic (exact) mass is 311 g/mol. The molecule has 120 valence electrons. The van der Waals surface area contributed by atoms with Crippen LogP contribution in [-0.4, -0.2) is 35.6 Å². The zero-order chi connectivity index (χ0) is 15.9. The fourth-order valence-corrected chi connectivity index (χ4v) is 2.71. The van der Waals surface area contributed by atoms with E-state index in [0.29, 0.717) is 6.54 Å². The van der Waals surface area contributed by atoms with Crippen molar-refractivity contribution in [3.05, 3.63) is 48.4 Å². The van der Waals surface area contributed by atoms with Gasteiger partial charge in [-0.15, -0.1) is 0 Å². The molecule has 2 aromatic heterocycles. The lowest BCUT2D eigenvalue weighted by Crippen LogP contribution is -2.31. The van der Waals surface area contributed by atoms with Crippen LogP contribution in [0.3, 0.4) is 0 Å². The van der Waals surface area contributed by atoms with E-state index in [2.05, 4.69) is 25.5 Å². The van der Waals surface area contributed by atoms with Gasteiger partial charge in [0.1, 0.15) is 0 Å². The van der Waals surface area contributed by atoms with E-state index >= 15 is 0 Å². The lowest BCUT2D eigenvalue weighted by atomic mass is 10.2. The van der Waals surface area contributed by atoms with Crippen LogP contribution < -0.4 is 15.5 Å². The summed E-state index contributed by atoms with van der Waals surface area (Å²) < 4.78 is 0. The Morgan fingerprint density at radius 1 is 1.17 bits per heavy atom. The van der Waals surface area contributed by atoms with Gasteiger partial charge < -0.3 is 15.5 Å². The molecule has 1 fully saturated rings. The standard InChI is InChI=1S/C17H21N5O/c23-17(20-10-7-14-5-3-8-18-13-14)21-15-6-4-9-19-16(15)22-11-1-2-12-22/h3-6,8-9,13H,1-2,7,10-12H2,(H2,20,21,23). The molecule has 3 rings (SSSR count). The van der Waals surface area contributed by atoms with Crippen LogP contribution in [0.25, 0.3) is 0 Å². The highest BCUT2D eigenvalue weighted by atomic mass is 16.2. The Bertz CT molecular complexity index is 640. The maximum Gasteiger partial charge on any atom is 0.319 e. The number of rotatable bonds is 5. The number of pyridine rings is 2. The predicted molar refractivity (Wildman–Crippen MR) is 90.6 cm³/mol. The van der Waals surface area contributed by atoms with Crippen LogP contribution in [0.1, 0.15) is 18.4 Å². The number of hydrogen-bond acceptors (Lipinski definition) is 4. The second-order valence-electron chi connectivity index (χ2n) is 5.56. The smallest absolute Gasteiger partial charge is 0.319 e. The maximum absolute atomic E-state index is 12.1. The molecule has 0 radical (unpaired) electrons. The molecule has 2 amide bonds. The summed E-state index contributed by atoms with van der Waals surface area (Å²) in [5.74, 6) is 0.854. The number of carbonyl (C=O) groups excluding carboxylic acids is 1. The van der Waals surface area contributed by atoms with E-state index in [1.807, 2.05) is 30.5 Å². The van der Waals surface area contributed by atoms with Crippen molar-refractivity contribution in [3.63, 3.8) is 0 Å². The Morgan fingerprint density at radius 2 is 2.00 bits per heavy atom. The zero-order valence-electron chi connectivity index (χ0n) is 13.0. The molecular weight excluding hydrogens is 290 g/mol. The second-order valence-corrected chi connectivity index (χ2v) is 5.56. The summed E-state index contributed by atoms with van der Waals surface area (Å²) in [4.78, 5) is 22.8. The average molecular weight is 311 g/mol. The van der Waals surface area contributed by atoms with E-state index in [-0.39, 0.29) is 6.03 Å². The molecule has 6 heteroatoms. The fourth-order valence-electron chi connectivity index (χ4n) is 2.71. The van der Waals surface area contributed by atoms with E-state index in [4.69, 9.17) is 0 Å². The van der Waals surface area contributed by atoms with Gasteiger partial charge in [0.05, 0.1) is 5.69 Å². The minimum Gasteiger partial charge on any atom is -0.355 e. The molecule has 2 N–H and O–H groups in total. The van der Waals surface area contributed by atoms with Crippen LogP contribution in [0.2, 0.25) is 0 Å². The summed E-state index contributed by atoms with van der Waals surface area (Å²) >= 11 is 0. The summed E-state index contributed by atoms with van der Waals surface area (Å²) in [5.41, 5.74) is 1.86. The van der Waals surface area contributed by atoms with Crippen LogP contribution >= 0.6 is 0 Å². The Balaban J connectivity index is 1.53. The molecule has 0 unspecified atom stereocenters. The molecule has 0 aliphatic carbocycles. The van der Waals surface area contributed by atoms with Crippen molar-refractivity contribution in [2.24, 2.45) is 0 Å². The van der Waals surface area contributed by atoms with E-state index in [0.717, 1.165) is 36.6 Å². The van der Waals surface area contributed by atoms with Gasteiger partial charge in [-0.2, -0.15) is 0 Å². The van der Waals surface area contributed by atoms with E-state index < -0.39 is 0 Å². The maximum atomic E-state index is 12.1. The molecule has 0 saturated carbocycles. The highest BCUT2D eigenvalue weighted by molar-refractivity contribution is 5.92. The van der Waals surface area contributed by atoms with Gasteiger partial charge in [-0.3, -0.25) is 4.98 Å². The predicted octanol–water partition coefficient (Wildman–Crippen LogP) is 2.44. The molecular formula is C17H21N5O. The Morgan fingerprint density at radius 3 is 2.78 bits per heavy atom. The average Bonchev–Trinajstić information content (AvgIpc) is 3.11. The summed E-state index contributed by atoms with van der Waals surface area (Å²) in [5, 5.41) is 5.78. The van der Waals surface area contributed by atoms with Crippen molar-refractivity contribution in [1.29, 1.82) is 0 Å². The van der Waals surface area contributed by atoms with Gasteiger partial charge in [0, 0.05) is 38.2 Å². The topological polar surface area (TPSA) is 70.1 Å². The van der Waals surface area contributed by atoms with Crippen LogP contribution in [0.15, 0.2) is 42.9 Å². The van der Waals surface area contributed by atoms with Gasteiger partial charge >= 0.3 is 6.03 Å². The Hall–Kier alpha value is -2.63. The van der Waals surface area contributed by atoms with Crippen molar-refractivity contribution in [1.82, 2.24) is 15.3 Å². The quantitative estimate of drug-likeness (QED) is 0.890. The van der Waals surface area contributed by atoms with Gasteiger partial charge in [-0.25, -0.2) is 9.78 Å². The Kier molecular flexibility index (Phi) is 5.03. The number of urea groups is 1. The van der Waals surface area contributed by atoms with Gasteiger partial charge in [0.2, 0.25) is 0 Å². The van der Waals surface area contributed by atoms with Gasteiger partial charge in [-0.05, 0) is 43.0 Å². The molecule has 0 spiro atoms. The molecule has 1 aliphatic heterocycles. The lowest BCUT2D eigenvalue weighted by molar-refractivity contribution is 0.252. The molecule has 0 aromatic carbocycles. The van der Waals surface area contributed by atoms with E-state index in [1.165, 1.54) is 12.8 Å². The zero-order valence-corrected chi connectivity index (χ0v) is 13.0. The number of nitrogens with zero attached hydrogens (tertiary/aromatic N) is 3. The first-order valence-corrected chi connectivity index (χ1v) is 7.96. The highest BCUT2D eigenvalue weighted by Crippen LogP contribution is 2.25. The van der Waals surface area contributed by atoms with Crippen molar-refractivity contribution >= 4 is 17.5 Å². The third-order valence-corrected chi connectivity index (χ3v) is 3.86. The van der Waals surface area contributed by atoms with E-state index in [1.54, 1.807) is 12.4 Å². The summed E-state index contributed by atoms with van der Waals surface area (Å²) in [6.07, 6.45) is 8.42. The first kappa shape index (κ1) is 15.3. The summed E-state index contributed by atoms with van der Waals surface area (Å²) in [6, 6.07) is 7.42. The lowest BCUT2D eigenvalue weighted by Gasteiger charge is -2.20. The molecule has 0 atom stereocenters. The fraction of sp³-hybridized carbons (Fsp3) is 0.353. The Labute approximate surface area is 135 Å². The third-order valence-electron chi connectivity index (χ3n) is 3.86. The van der Waals surface area contributed by atoms with Crippen molar-refractivity contribution in [2.75, 3.05) is 29.9 Å². The molecule has 2 aromatic rings. The first-order valence-electron chi connectivity index (χ1n) is 7.96.